The fraction of sp³-hybridized carbons (Fsp3) is 0.111. The van der Waals surface area contributed by atoms with Gasteiger partial charge in [0.1, 0.15) is 6.04 Å². The van der Waals surface area contributed by atoms with E-state index in [2.05, 4.69) is 20.9 Å². The van der Waals surface area contributed by atoms with Crippen LogP contribution in [0.5, 0.6) is 0 Å². The number of amides is 3. The predicted molar refractivity (Wildman–Crippen MR) is 139 cm³/mol. The third-order valence-electron chi connectivity index (χ3n) is 5.65. The summed E-state index contributed by atoms with van der Waals surface area (Å²) in [5.41, 5.74) is 2.44. The lowest BCUT2D eigenvalue weighted by atomic mass is 10.1. The van der Waals surface area contributed by atoms with Crippen LogP contribution in [0.1, 0.15) is 36.6 Å². The number of aromatic amines is 1. The second-order valence-electron chi connectivity index (χ2n) is 8.22. The van der Waals surface area contributed by atoms with Crippen molar-refractivity contribution in [2.75, 3.05) is 6.54 Å². The molecule has 0 aliphatic carbocycles. The molecule has 4 aromatic rings. The minimum atomic E-state index is -1.37. The molecule has 0 aliphatic heterocycles. The third-order valence-corrected chi connectivity index (χ3v) is 5.97. The zero-order valence-electron chi connectivity index (χ0n) is 19.5. The maximum atomic E-state index is 12.7. The molecule has 0 spiro atoms. The molecule has 3 amide bonds. The standard InChI is InChI=1S/C27H23ClN4O5/c28-21-12-16(14-30-25(34)19-8-7-17-10-11-29-22(17)13-19)6-9-20(21)26(35)32-23(27(36)37)15-31-24(33)18-4-2-1-3-5-18/h1-13,23,29H,14-15H2,(H,30,34)(H,31,33)(H,32,35)(H,36,37)/t23-/m0/s1. The van der Waals surface area contributed by atoms with E-state index in [0.29, 0.717) is 16.7 Å². The van der Waals surface area contributed by atoms with Crippen molar-refractivity contribution in [2.45, 2.75) is 12.6 Å². The zero-order chi connectivity index (χ0) is 26.4. The van der Waals surface area contributed by atoms with E-state index in [0.717, 1.165) is 10.9 Å². The van der Waals surface area contributed by atoms with Crippen LogP contribution in [-0.4, -0.2) is 46.4 Å². The highest BCUT2D eigenvalue weighted by molar-refractivity contribution is 6.34. The molecular weight excluding hydrogens is 496 g/mol. The van der Waals surface area contributed by atoms with Crippen LogP contribution in [0.15, 0.2) is 79.0 Å². The van der Waals surface area contributed by atoms with Crippen LogP contribution in [0.3, 0.4) is 0 Å². The van der Waals surface area contributed by atoms with Crippen LogP contribution in [0, 0.1) is 0 Å². The highest BCUT2D eigenvalue weighted by atomic mass is 35.5. The third kappa shape index (κ3) is 6.33. The van der Waals surface area contributed by atoms with E-state index in [4.69, 9.17) is 11.6 Å². The second kappa shape index (κ2) is 11.4. The lowest BCUT2D eigenvalue weighted by Crippen LogP contribution is -2.48. The molecule has 4 rings (SSSR count). The van der Waals surface area contributed by atoms with E-state index in [1.807, 2.05) is 12.1 Å². The summed E-state index contributed by atoms with van der Waals surface area (Å²) in [5, 5.41) is 18.3. The second-order valence-corrected chi connectivity index (χ2v) is 8.62. The fourth-order valence-corrected chi connectivity index (χ4v) is 3.94. The minimum Gasteiger partial charge on any atom is -0.480 e. The number of hydrogen-bond donors (Lipinski definition) is 5. The van der Waals surface area contributed by atoms with E-state index in [9.17, 15) is 24.3 Å². The lowest BCUT2D eigenvalue weighted by molar-refractivity contribution is -0.139. The number of carboxylic acid groups (broad SMARTS) is 1. The molecule has 1 atom stereocenters. The van der Waals surface area contributed by atoms with Crippen LogP contribution in [-0.2, 0) is 11.3 Å². The van der Waals surface area contributed by atoms with E-state index in [-0.39, 0.29) is 29.6 Å². The number of carbonyl (C=O) groups excluding carboxylic acids is 3. The molecule has 9 nitrogen and oxygen atoms in total. The van der Waals surface area contributed by atoms with Gasteiger partial charge in [-0.1, -0.05) is 41.9 Å². The Morgan fingerprint density at radius 2 is 1.59 bits per heavy atom. The SMILES string of the molecule is O=C(NCc1ccc(C(=O)N[C@@H](CNC(=O)c2ccccc2)C(=O)O)c(Cl)c1)c1ccc2cc[nH]c2c1. The van der Waals surface area contributed by atoms with Gasteiger partial charge in [0.2, 0.25) is 0 Å². The molecule has 0 saturated carbocycles. The number of nitrogens with one attached hydrogen (secondary N) is 4. The van der Waals surface area contributed by atoms with Crippen LogP contribution >= 0.6 is 11.6 Å². The molecule has 0 saturated heterocycles. The number of aliphatic carboxylic acids is 1. The van der Waals surface area contributed by atoms with Crippen LogP contribution in [0.25, 0.3) is 10.9 Å². The van der Waals surface area contributed by atoms with E-state index in [1.54, 1.807) is 54.7 Å². The first-order chi connectivity index (χ1) is 17.8. The maximum absolute atomic E-state index is 12.7. The van der Waals surface area contributed by atoms with Crippen molar-refractivity contribution in [1.29, 1.82) is 0 Å². The van der Waals surface area contributed by atoms with Crippen molar-refractivity contribution in [1.82, 2.24) is 20.9 Å². The summed E-state index contributed by atoms with van der Waals surface area (Å²) < 4.78 is 0. The fourth-order valence-electron chi connectivity index (χ4n) is 3.65. The molecule has 10 heteroatoms. The molecule has 1 aromatic heterocycles. The molecule has 0 unspecified atom stereocenters. The number of benzene rings is 3. The minimum absolute atomic E-state index is 0.0644. The highest BCUT2D eigenvalue weighted by Gasteiger charge is 2.23. The maximum Gasteiger partial charge on any atom is 0.328 e. The van der Waals surface area contributed by atoms with Gasteiger partial charge in [0.15, 0.2) is 0 Å². The Bertz CT molecular complexity index is 1470. The van der Waals surface area contributed by atoms with Gasteiger partial charge >= 0.3 is 5.97 Å². The molecule has 1 heterocycles. The highest BCUT2D eigenvalue weighted by Crippen LogP contribution is 2.19. The average molecular weight is 519 g/mol. The normalized spacial score (nSPS) is 11.5. The molecule has 0 radical (unpaired) electrons. The van der Waals surface area contributed by atoms with Crippen LogP contribution in [0.4, 0.5) is 0 Å². The van der Waals surface area contributed by atoms with Crippen molar-refractivity contribution in [3.8, 4) is 0 Å². The molecular formula is C27H23ClN4O5. The molecule has 37 heavy (non-hydrogen) atoms. The Kier molecular flexibility index (Phi) is 7.85. The van der Waals surface area contributed by atoms with Gasteiger partial charge in [-0.3, -0.25) is 14.4 Å². The molecule has 0 fully saturated rings. The molecule has 5 N–H and O–H groups in total. The summed E-state index contributed by atoms with van der Waals surface area (Å²) in [7, 11) is 0. The number of hydrogen-bond acceptors (Lipinski definition) is 4. The number of halogens is 1. The zero-order valence-corrected chi connectivity index (χ0v) is 20.2. The summed E-state index contributed by atoms with van der Waals surface area (Å²) in [6.45, 7) is -0.142. The van der Waals surface area contributed by atoms with Gasteiger partial charge < -0.3 is 26.0 Å². The Labute approximate surface area is 216 Å². The number of fused-ring (bicyclic) bond motifs is 1. The summed E-state index contributed by atoms with van der Waals surface area (Å²) >= 11 is 6.29. The summed E-state index contributed by atoms with van der Waals surface area (Å²) in [6, 6.07) is 18.8. The van der Waals surface area contributed by atoms with Crippen molar-refractivity contribution in [3.63, 3.8) is 0 Å². The molecule has 3 aromatic carbocycles. The Hall–Kier alpha value is -4.63. The predicted octanol–water partition coefficient (Wildman–Crippen LogP) is 3.36. The largest absolute Gasteiger partial charge is 0.480 e. The molecule has 0 bridgehead atoms. The first-order valence-electron chi connectivity index (χ1n) is 11.3. The number of carbonyl (C=O) groups is 4. The van der Waals surface area contributed by atoms with Gasteiger partial charge in [-0.25, -0.2) is 4.79 Å². The molecule has 0 aliphatic rings. The Balaban J connectivity index is 1.34. The van der Waals surface area contributed by atoms with E-state index in [1.165, 1.54) is 12.1 Å². The van der Waals surface area contributed by atoms with E-state index >= 15 is 0 Å². The Morgan fingerprint density at radius 1 is 0.838 bits per heavy atom. The van der Waals surface area contributed by atoms with Crippen LogP contribution in [0.2, 0.25) is 5.02 Å². The number of aromatic nitrogens is 1. The van der Waals surface area contributed by atoms with Crippen molar-refractivity contribution in [2.24, 2.45) is 0 Å². The quantitative estimate of drug-likeness (QED) is 0.231. The first kappa shape index (κ1) is 25.5. The van der Waals surface area contributed by atoms with Gasteiger partial charge in [-0.05, 0) is 53.4 Å². The monoisotopic (exact) mass is 518 g/mol. The van der Waals surface area contributed by atoms with Gasteiger partial charge in [0.25, 0.3) is 17.7 Å². The van der Waals surface area contributed by atoms with Crippen molar-refractivity contribution in [3.05, 3.63) is 106 Å². The van der Waals surface area contributed by atoms with Gasteiger partial charge in [0.05, 0.1) is 10.6 Å². The van der Waals surface area contributed by atoms with E-state index < -0.39 is 23.8 Å². The molecule has 188 valence electrons. The van der Waals surface area contributed by atoms with Gasteiger partial charge in [-0.2, -0.15) is 0 Å². The summed E-state index contributed by atoms with van der Waals surface area (Å²) in [5.74, 6) is -2.74. The van der Waals surface area contributed by atoms with Crippen molar-refractivity contribution < 1.29 is 24.3 Å². The topological polar surface area (TPSA) is 140 Å². The summed E-state index contributed by atoms with van der Waals surface area (Å²) in [6.07, 6.45) is 1.80. The van der Waals surface area contributed by atoms with Gasteiger partial charge in [0, 0.05) is 35.9 Å². The smallest absolute Gasteiger partial charge is 0.328 e. The average Bonchev–Trinajstić information content (AvgIpc) is 3.37. The summed E-state index contributed by atoms with van der Waals surface area (Å²) in [4.78, 5) is 52.1. The number of rotatable bonds is 9. The number of H-pyrrole nitrogens is 1. The van der Waals surface area contributed by atoms with Crippen LogP contribution < -0.4 is 16.0 Å². The number of carboxylic acids is 1. The van der Waals surface area contributed by atoms with Gasteiger partial charge in [-0.15, -0.1) is 0 Å². The lowest BCUT2D eigenvalue weighted by Gasteiger charge is -2.16. The Morgan fingerprint density at radius 3 is 2.32 bits per heavy atom. The first-order valence-corrected chi connectivity index (χ1v) is 11.7. The van der Waals surface area contributed by atoms with Crippen molar-refractivity contribution >= 4 is 46.2 Å².